The van der Waals surface area contributed by atoms with E-state index in [4.69, 9.17) is 4.74 Å². The van der Waals surface area contributed by atoms with Crippen molar-refractivity contribution in [3.8, 4) is 11.4 Å². The van der Waals surface area contributed by atoms with Crippen molar-refractivity contribution < 1.29 is 9.53 Å². The van der Waals surface area contributed by atoms with E-state index in [0.717, 1.165) is 59.9 Å². The van der Waals surface area contributed by atoms with Crippen LogP contribution in [0.5, 0.6) is 0 Å². The van der Waals surface area contributed by atoms with E-state index in [1.54, 1.807) is 11.3 Å². The number of H-pyrrole nitrogens is 1. The van der Waals surface area contributed by atoms with Gasteiger partial charge in [0.25, 0.3) is 0 Å². The number of para-hydroxylation sites is 1. The number of carbonyl (C=O) groups excluding carboxylic acids is 1. The van der Waals surface area contributed by atoms with Crippen LogP contribution < -0.4 is 0 Å². The minimum atomic E-state index is -0.247. The first kappa shape index (κ1) is 21.9. The third kappa shape index (κ3) is 4.06. The Labute approximate surface area is 206 Å². The summed E-state index contributed by atoms with van der Waals surface area (Å²) in [6, 6.07) is 10.4. The summed E-state index contributed by atoms with van der Waals surface area (Å²) in [5, 5.41) is 12.9. The molecule has 3 aromatic heterocycles. The summed E-state index contributed by atoms with van der Waals surface area (Å²) >= 11 is 3.29. The Morgan fingerprint density at radius 1 is 1.32 bits per heavy atom. The second-order valence-electron chi connectivity index (χ2n) is 8.94. The predicted octanol–water partition coefficient (Wildman–Crippen LogP) is 4.73. The first-order chi connectivity index (χ1) is 16.7. The van der Waals surface area contributed by atoms with E-state index in [2.05, 4.69) is 43.3 Å². The highest BCUT2D eigenvalue weighted by Gasteiger charge is 2.29. The molecule has 2 unspecified atom stereocenters. The van der Waals surface area contributed by atoms with Crippen LogP contribution in [0.25, 0.3) is 22.3 Å². The average molecular weight is 494 g/mol. The lowest BCUT2D eigenvalue weighted by Crippen LogP contribution is -2.39. The Morgan fingerprint density at radius 2 is 2.24 bits per heavy atom. The molecule has 1 fully saturated rings. The number of thiophene rings is 1. The number of aromatic nitrogens is 4. The molecule has 1 N–H and O–H groups in total. The van der Waals surface area contributed by atoms with Gasteiger partial charge < -0.3 is 14.6 Å². The smallest absolute Gasteiger partial charge is 0.236 e. The number of hydrogen-bond acceptors (Lipinski definition) is 6. The van der Waals surface area contributed by atoms with E-state index < -0.39 is 0 Å². The van der Waals surface area contributed by atoms with Crippen LogP contribution in [0.1, 0.15) is 30.2 Å². The van der Waals surface area contributed by atoms with Crippen LogP contribution in [0.2, 0.25) is 0 Å². The molecule has 0 spiro atoms. The first-order valence-corrected chi connectivity index (χ1v) is 13.6. The molecule has 0 aliphatic carbocycles. The largest absolute Gasteiger partial charge is 0.376 e. The topological polar surface area (TPSA) is 76.0 Å². The second kappa shape index (κ2) is 9.20. The van der Waals surface area contributed by atoms with Crippen molar-refractivity contribution in [2.75, 3.05) is 13.2 Å². The van der Waals surface area contributed by atoms with E-state index in [1.165, 1.54) is 22.2 Å². The van der Waals surface area contributed by atoms with Crippen molar-refractivity contribution in [1.82, 2.24) is 24.6 Å². The highest BCUT2D eigenvalue weighted by atomic mass is 32.2. The third-order valence-corrected chi connectivity index (χ3v) is 8.80. The van der Waals surface area contributed by atoms with Gasteiger partial charge in [0, 0.05) is 47.2 Å². The first-order valence-electron chi connectivity index (χ1n) is 11.8. The molecule has 2 aliphatic heterocycles. The lowest BCUT2D eigenvalue weighted by molar-refractivity contribution is -0.131. The summed E-state index contributed by atoms with van der Waals surface area (Å²) in [7, 11) is 0. The number of hydrogen-bond donors (Lipinski definition) is 1. The van der Waals surface area contributed by atoms with Gasteiger partial charge in [-0.2, -0.15) is 0 Å². The Bertz CT molecular complexity index is 1320. The van der Waals surface area contributed by atoms with Crippen molar-refractivity contribution in [3.05, 3.63) is 52.3 Å². The lowest BCUT2D eigenvalue weighted by atomic mass is 10.1. The Kier molecular flexibility index (Phi) is 5.92. The van der Waals surface area contributed by atoms with E-state index >= 15 is 0 Å². The molecular weight excluding hydrogens is 466 g/mol. The fraction of sp³-hybridized carbons (Fsp3) is 0.400. The number of nitrogens with one attached hydrogen (secondary N) is 1. The number of rotatable bonds is 6. The average Bonchev–Trinajstić information content (AvgIpc) is 3.66. The zero-order valence-corrected chi connectivity index (χ0v) is 20.7. The molecule has 0 radical (unpaired) electrons. The highest BCUT2D eigenvalue weighted by Crippen LogP contribution is 2.33. The van der Waals surface area contributed by atoms with Crippen LogP contribution in [0, 0.1) is 0 Å². The summed E-state index contributed by atoms with van der Waals surface area (Å²) in [6.45, 7) is 4.94. The van der Waals surface area contributed by atoms with Gasteiger partial charge in [-0.1, -0.05) is 30.0 Å². The van der Waals surface area contributed by atoms with Gasteiger partial charge in [0.1, 0.15) is 0 Å². The van der Waals surface area contributed by atoms with Gasteiger partial charge in [-0.3, -0.25) is 9.36 Å². The number of ether oxygens (including phenoxy) is 1. The minimum Gasteiger partial charge on any atom is -0.376 e. The van der Waals surface area contributed by atoms with E-state index in [1.807, 2.05) is 30.2 Å². The number of amides is 1. The number of benzene rings is 1. The van der Waals surface area contributed by atoms with Gasteiger partial charge >= 0.3 is 0 Å². The van der Waals surface area contributed by atoms with Gasteiger partial charge in [-0.05, 0) is 49.3 Å². The molecule has 1 amide bonds. The van der Waals surface area contributed by atoms with Crippen molar-refractivity contribution >= 4 is 39.9 Å². The maximum Gasteiger partial charge on any atom is 0.236 e. The maximum absolute atomic E-state index is 13.3. The van der Waals surface area contributed by atoms with Gasteiger partial charge in [0.05, 0.1) is 17.9 Å². The maximum atomic E-state index is 13.3. The molecule has 0 bridgehead atoms. The van der Waals surface area contributed by atoms with Crippen LogP contribution in [0.4, 0.5) is 0 Å². The van der Waals surface area contributed by atoms with Gasteiger partial charge in [0.2, 0.25) is 5.91 Å². The van der Waals surface area contributed by atoms with E-state index in [0.29, 0.717) is 13.1 Å². The Hall–Kier alpha value is -2.62. The summed E-state index contributed by atoms with van der Waals surface area (Å²) in [5.74, 6) is 0.971. The van der Waals surface area contributed by atoms with Crippen molar-refractivity contribution in [3.63, 3.8) is 0 Å². The fourth-order valence-corrected chi connectivity index (χ4v) is 6.72. The monoisotopic (exact) mass is 493 g/mol. The number of carbonyl (C=O) groups is 1. The molecule has 2 aliphatic rings. The molecule has 9 heteroatoms. The number of nitrogens with zero attached hydrogens (tertiary/aromatic N) is 4. The molecule has 5 heterocycles. The molecule has 176 valence electrons. The van der Waals surface area contributed by atoms with Gasteiger partial charge in [-0.15, -0.1) is 21.5 Å². The normalized spacial score (nSPS) is 19.0. The zero-order chi connectivity index (χ0) is 23.1. The van der Waals surface area contributed by atoms with Crippen LogP contribution in [-0.2, 0) is 29.0 Å². The SMILES string of the molecule is CC(Sc1nnc(-c2c[nH]c3ccccc23)n1CC1CCCO1)C(=O)N1CCc2sccc2C1. The number of aromatic amines is 1. The molecular formula is C25H27N5O2S2. The molecule has 1 saturated heterocycles. The summed E-state index contributed by atoms with van der Waals surface area (Å²) in [6.07, 6.45) is 5.18. The lowest BCUT2D eigenvalue weighted by Gasteiger charge is -2.29. The third-order valence-electron chi connectivity index (χ3n) is 6.71. The van der Waals surface area contributed by atoms with Crippen LogP contribution in [0.15, 0.2) is 47.1 Å². The summed E-state index contributed by atoms with van der Waals surface area (Å²) < 4.78 is 8.09. The highest BCUT2D eigenvalue weighted by molar-refractivity contribution is 8.00. The molecule has 34 heavy (non-hydrogen) atoms. The Balaban J connectivity index is 1.28. The molecule has 1 aromatic carbocycles. The van der Waals surface area contributed by atoms with Gasteiger partial charge in [0.15, 0.2) is 11.0 Å². The standard InChI is InChI=1S/C25H27N5O2S2/c1-16(24(31)29-10-8-22-17(14-29)9-12-33-22)34-25-28-27-23(30(25)15-18-5-4-11-32-18)20-13-26-21-7-3-2-6-19(20)21/h2-3,6-7,9,12-13,16,18,26H,4-5,8,10-11,14-15H2,1H3. The summed E-state index contributed by atoms with van der Waals surface area (Å²) in [5.41, 5.74) is 3.37. The molecule has 2 atom stereocenters. The zero-order valence-electron chi connectivity index (χ0n) is 19.1. The van der Waals surface area contributed by atoms with Gasteiger partial charge in [-0.25, -0.2) is 0 Å². The Morgan fingerprint density at radius 3 is 3.12 bits per heavy atom. The van der Waals surface area contributed by atoms with E-state index in [-0.39, 0.29) is 17.3 Å². The van der Waals surface area contributed by atoms with Crippen molar-refractivity contribution in [2.45, 2.75) is 55.8 Å². The minimum absolute atomic E-state index is 0.143. The van der Waals surface area contributed by atoms with Crippen LogP contribution in [0.3, 0.4) is 0 Å². The van der Waals surface area contributed by atoms with E-state index in [9.17, 15) is 4.79 Å². The second-order valence-corrected chi connectivity index (χ2v) is 11.2. The molecule has 4 aromatic rings. The molecule has 0 saturated carbocycles. The van der Waals surface area contributed by atoms with Crippen molar-refractivity contribution in [1.29, 1.82) is 0 Å². The predicted molar refractivity (Wildman–Crippen MR) is 135 cm³/mol. The summed E-state index contributed by atoms with van der Waals surface area (Å²) in [4.78, 5) is 20.1. The van der Waals surface area contributed by atoms with Crippen molar-refractivity contribution in [2.24, 2.45) is 0 Å². The fourth-order valence-electron chi connectivity index (χ4n) is 4.89. The molecule has 6 rings (SSSR count). The number of fused-ring (bicyclic) bond motifs is 2. The molecule has 7 nitrogen and oxygen atoms in total. The quantitative estimate of drug-likeness (QED) is 0.393. The van der Waals surface area contributed by atoms with Crippen LogP contribution >= 0.6 is 23.1 Å². The van der Waals surface area contributed by atoms with Crippen LogP contribution in [-0.4, -0.2) is 55.1 Å². The number of thioether (sulfide) groups is 1.